The predicted octanol–water partition coefficient (Wildman–Crippen LogP) is 4.30. The van der Waals surface area contributed by atoms with E-state index in [1.165, 1.54) is 30.0 Å². The lowest BCUT2D eigenvalue weighted by molar-refractivity contribution is 0.311. The van der Waals surface area contributed by atoms with Crippen LogP contribution in [0, 0.1) is 0 Å². The summed E-state index contributed by atoms with van der Waals surface area (Å²) in [6, 6.07) is 14.5. The highest BCUT2D eigenvalue weighted by Crippen LogP contribution is 2.20. The van der Waals surface area contributed by atoms with Crippen molar-refractivity contribution in [2.24, 2.45) is 4.99 Å². The zero-order chi connectivity index (χ0) is 21.3. The molecule has 4 rings (SSSR count). The van der Waals surface area contributed by atoms with E-state index in [4.69, 9.17) is 9.73 Å². The molecule has 0 unspecified atom stereocenters. The van der Waals surface area contributed by atoms with Gasteiger partial charge in [0.05, 0.1) is 6.61 Å². The molecule has 0 bridgehead atoms. The van der Waals surface area contributed by atoms with Gasteiger partial charge >= 0.3 is 0 Å². The highest BCUT2D eigenvalue weighted by atomic mass is 127. The minimum absolute atomic E-state index is 0. The van der Waals surface area contributed by atoms with Crippen LogP contribution in [-0.4, -0.2) is 40.4 Å². The van der Waals surface area contributed by atoms with E-state index >= 15 is 0 Å². The van der Waals surface area contributed by atoms with Crippen molar-refractivity contribution in [3.63, 3.8) is 0 Å². The molecular weight excluding hydrogens is 515 g/mol. The van der Waals surface area contributed by atoms with Crippen LogP contribution in [-0.2, 0) is 19.5 Å². The lowest BCUT2D eigenvalue weighted by Gasteiger charge is -2.12. The molecule has 1 aliphatic rings. The van der Waals surface area contributed by atoms with E-state index < -0.39 is 0 Å². The van der Waals surface area contributed by atoms with Gasteiger partial charge in [0.2, 0.25) is 0 Å². The van der Waals surface area contributed by atoms with Crippen molar-refractivity contribution in [3.8, 4) is 5.75 Å². The Balaban J connectivity index is 0.00000289. The van der Waals surface area contributed by atoms with Crippen LogP contribution in [0.2, 0.25) is 0 Å². The standard InChI is InChI=1S/C24H32N6O.HI/c1-2-25-24(27-18-23-29-28-22-11-4-3-7-15-30(22)23)26-14-8-16-31-21-13-12-19-9-5-6-10-20(19)17-21;/h5-6,9-10,12-13,17H,2-4,7-8,11,14-16,18H2,1H3,(H2,25,26,27);1H. The number of halogens is 1. The number of aliphatic imine (C=N–C) groups is 1. The summed E-state index contributed by atoms with van der Waals surface area (Å²) < 4.78 is 8.17. The fraction of sp³-hybridized carbons (Fsp3) is 0.458. The molecule has 0 fully saturated rings. The zero-order valence-corrected chi connectivity index (χ0v) is 21.0. The first-order valence-corrected chi connectivity index (χ1v) is 11.4. The van der Waals surface area contributed by atoms with Gasteiger partial charge in [0, 0.05) is 26.1 Å². The number of guanidine groups is 1. The maximum absolute atomic E-state index is 5.93. The normalized spacial score (nSPS) is 13.7. The van der Waals surface area contributed by atoms with Gasteiger partial charge in [-0.2, -0.15) is 0 Å². The molecule has 0 saturated heterocycles. The molecule has 7 nitrogen and oxygen atoms in total. The molecule has 2 aromatic carbocycles. The summed E-state index contributed by atoms with van der Waals surface area (Å²) in [5, 5.41) is 17.9. The molecule has 0 radical (unpaired) electrons. The Kier molecular flexibility index (Phi) is 9.58. The van der Waals surface area contributed by atoms with Crippen molar-refractivity contribution in [1.82, 2.24) is 25.4 Å². The molecule has 2 N–H and O–H groups in total. The second kappa shape index (κ2) is 12.6. The van der Waals surface area contributed by atoms with Gasteiger partial charge in [0.25, 0.3) is 0 Å². The summed E-state index contributed by atoms with van der Waals surface area (Å²) >= 11 is 0. The summed E-state index contributed by atoms with van der Waals surface area (Å²) in [5.74, 6) is 3.77. The maximum Gasteiger partial charge on any atom is 0.191 e. The summed E-state index contributed by atoms with van der Waals surface area (Å²) in [6.07, 6.45) is 5.56. The number of benzene rings is 2. The van der Waals surface area contributed by atoms with Gasteiger partial charge in [-0.05, 0) is 49.1 Å². The van der Waals surface area contributed by atoms with E-state index in [9.17, 15) is 0 Å². The van der Waals surface area contributed by atoms with Crippen molar-refractivity contribution in [2.45, 2.75) is 52.1 Å². The summed E-state index contributed by atoms with van der Waals surface area (Å²) in [6.45, 7) is 5.87. The molecule has 0 spiro atoms. The largest absolute Gasteiger partial charge is 0.494 e. The van der Waals surface area contributed by atoms with E-state index in [1.54, 1.807) is 0 Å². The number of hydrogen-bond donors (Lipinski definition) is 2. The SMILES string of the molecule is CCNC(=NCc1nnc2n1CCCCC2)NCCCOc1ccc2ccccc2c1.I. The van der Waals surface area contributed by atoms with Crippen molar-refractivity contribution in [2.75, 3.05) is 19.7 Å². The van der Waals surface area contributed by atoms with E-state index in [-0.39, 0.29) is 24.0 Å². The summed E-state index contributed by atoms with van der Waals surface area (Å²) in [7, 11) is 0. The Morgan fingerprint density at radius 2 is 1.94 bits per heavy atom. The fourth-order valence-electron chi connectivity index (χ4n) is 3.88. The number of nitrogens with one attached hydrogen (secondary N) is 2. The zero-order valence-electron chi connectivity index (χ0n) is 18.7. The molecule has 0 aliphatic carbocycles. The third kappa shape index (κ3) is 6.57. The van der Waals surface area contributed by atoms with Crippen molar-refractivity contribution >= 4 is 40.7 Å². The fourth-order valence-corrected chi connectivity index (χ4v) is 3.88. The molecular formula is C24H33IN6O. The second-order valence-corrected chi connectivity index (χ2v) is 7.83. The quantitative estimate of drug-likeness (QED) is 0.190. The Morgan fingerprint density at radius 3 is 2.81 bits per heavy atom. The first-order chi connectivity index (χ1) is 15.3. The average Bonchev–Trinajstić information content (AvgIpc) is 3.02. The molecule has 2 heterocycles. The Bertz CT molecular complexity index is 1020. The Morgan fingerprint density at radius 1 is 1.06 bits per heavy atom. The van der Waals surface area contributed by atoms with E-state index in [0.717, 1.165) is 55.8 Å². The van der Waals surface area contributed by atoms with E-state index in [1.807, 2.05) is 6.07 Å². The highest BCUT2D eigenvalue weighted by molar-refractivity contribution is 14.0. The number of rotatable bonds is 8. The molecule has 8 heteroatoms. The minimum Gasteiger partial charge on any atom is -0.494 e. The molecule has 172 valence electrons. The number of fused-ring (bicyclic) bond motifs is 2. The van der Waals surface area contributed by atoms with Crippen LogP contribution in [0.15, 0.2) is 47.5 Å². The van der Waals surface area contributed by atoms with Crippen LogP contribution in [0.25, 0.3) is 10.8 Å². The van der Waals surface area contributed by atoms with Crippen LogP contribution < -0.4 is 15.4 Å². The Hall–Kier alpha value is -2.36. The van der Waals surface area contributed by atoms with Gasteiger partial charge in [-0.3, -0.25) is 0 Å². The molecule has 0 atom stereocenters. The summed E-state index contributed by atoms with van der Waals surface area (Å²) in [4.78, 5) is 4.71. The van der Waals surface area contributed by atoms with E-state index in [2.05, 4.69) is 68.7 Å². The predicted molar refractivity (Wildman–Crippen MR) is 140 cm³/mol. The lowest BCUT2D eigenvalue weighted by atomic mass is 10.1. The van der Waals surface area contributed by atoms with Crippen LogP contribution in [0.4, 0.5) is 0 Å². The summed E-state index contributed by atoms with van der Waals surface area (Å²) in [5.41, 5.74) is 0. The lowest BCUT2D eigenvalue weighted by Crippen LogP contribution is -2.38. The van der Waals surface area contributed by atoms with Crippen molar-refractivity contribution in [3.05, 3.63) is 54.1 Å². The smallest absolute Gasteiger partial charge is 0.191 e. The van der Waals surface area contributed by atoms with Gasteiger partial charge in [-0.25, -0.2) is 4.99 Å². The number of nitrogens with zero attached hydrogens (tertiary/aromatic N) is 4. The average molecular weight is 548 g/mol. The van der Waals surface area contributed by atoms with Crippen LogP contribution in [0.1, 0.15) is 44.3 Å². The molecule has 3 aromatic rings. The number of ether oxygens (including phenoxy) is 1. The third-order valence-electron chi connectivity index (χ3n) is 5.51. The second-order valence-electron chi connectivity index (χ2n) is 7.83. The number of aryl methyl sites for hydroxylation is 1. The van der Waals surface area contributed by atoms with Crippen molar-refractivity contribution in [1.29, 1.82) is 0 Å². The van der Waals surface area contributed by atoms with Crippen LogP contribution >= 0.6 is 24.0 Å². The molecule has 0 saturated carbocycles. The molecule has 1 aromatic heterocycles. The van der Waals surface area contributed by atoms with Crippen molar-refractivity contribution < 1.29 is 4.74 Å². The van der Waals surface area contributed by atoms with Gasteiger partial charge in [0.1, 0.15) is 18.1 Å². The first kappa shape index (κ1) is 24.3. The van der Waals surface area contributed by atoms with E-state index in [0.29, 0.717) is 13.2 Å². The maximum atomic E-state index is 5.93. The minimum atomic E-state index is 0. The van der Waals surface area contributed by atoms with Gasteiger partial charge in [0.15, 0.2) is 11.8 Å². The van der Waals surface area contributed by atoms with Gasteiger partial charge < -0.3 is 19.9 Å². The molecule has 0 amide bonds. The highest BCUT2D eigenvalue weighted by Gasteiger charge is 2.14. The number of aromatic nitrogens is 3. The first-order valence-electron chi connectivity index (χ1n) is 11.4. The van der Waals surface area contributed by atoms with Gasteiger partial charge in [-0.1, -0.05) is 36.8 Å². The van der Waals surface area contributed by atoms with Gasteiger partial charge in [-0.15, -0.1) is 34.2 Å². The third-order valence-corrected chi connectivity index (χ3v) is 5.51. The Labute approximate surface area is 207 Å². The number of hydrogen-bond acceptors (Lipinski definition) is 4. The van der Waals surface area contributed by atoms with Crippen LogP contribution in [0.5, 0.6) is 5.75 Å². The van der Waals surface area contributed by atoms with Crippen LogP contribution in [0.3, 0.4) is 0 Å². The topological polar surface area (TPSA) is 76.4 Å². The molecule has 1 aliphatic heterocycles. The molecule has 32 heavy (non-hydrogen) atoms. The monoisotopic (exact) mass is 548 g/mol.